The van der Waals surface area contributed by atoms with Crippen LogP contribution in [-0.4, -0.2) is 22.3 Å². The number of nitrogens with zero attached hydrogens (tertiary/aromatic N) is 1. The normalized spacial score (nSPS) is 17.5. The molecule has 0 atom stereocenters. The van der Waals surface area contributed by atoms with E-state index in [4.69, 9.17) is 0 Å². The summed E-state index contributed by atoms with van der Waals surface area (Å²) in [6.45, 7) is 9.36. The largest absolute Gasteiger partial charge is 0.361 e. The highest BCUT2D eigenvalue weighted by Gasteiger charge is 2.43. The third-order valence-electron chi connectivity index (χ3n) is 4.05. The summed E-state index contributed by atoms with van der Waals surface area (Å²) in [5.41, 5.74) is 2.87. The van der Waals surface area contributed by atoms with Gasteiger partial charge < -0.3 is 9.88 Å². The van der Waals surface area contributed by atoms with Gasteiger partial charge in [0.05, 0.1) is 5.54 Å². The van der Waals surface area contributed by atoms with Crippen LogP contribution in [0.25, 0.3) is 10.9 Å². The van der Waals surface area contributed by atoms with Crippen LogP contribution in [0.1, 0.15) is 43.6 Å². The fourth-order valence-electron chi connectivity index (χ4n) is 3.00. The van der Waals surface area contributed by atoms with Gasteiger partial charge in [0.25, 0.3) is 5.91 Å². The summed E-state index contributed by atoms with van der Waals surface area (Å²) >= 11 is 0. The predicted molar refractivity (Wildman–Crippen MR) is 77.2 cm³/mol. The van der Waals surface area contributed by atoms with Crippen molar-refractivity contribution in [2.45, 2.75) is 33.2 Å². The fraction of sp³-hybridized carbons (Fsp3) is 0.438. The van der Waals surface area contributed by atoms with Crippen molar-refractivity contribution < 1.29 is 4.79 Å². The first-order chi connectivity index (χ1) is 8.91. The van der Waals surface area contributed by atoms with Gasteiger partial charge in [-0.25, -0.2) is 0 Å². The predicted octanol–water partition coefficient (Wildman–Crippen LogP) is 3.51. The molecule has 3 nitrogen and oxygen atoms in total. The Bertz CT molecular complexity index is 652. The zero-order valence-corrected chi connectivity index (χ0v) is 11.9. The van der Waals surface area contributed by atoms with E-state index >= 15 is 0 Å². The SMILES string of the molecule is CC(C)CN1C(=O)c2cc3cc[nH]c3cc2C1(C)C. The number of aromatic amines is 1. The molecule has 2 heterocycles. The molecule has 3 rings (SSSR count). The first-order valence-corrected chi connectivity index (χ1v) is 6.85. The van der Waals surface area contributed by atoms with Gasteiger partial charge in [0.15, 0.2) is 0 Å². The lowest BCUT2D eigenvalue weighted by atomic mass is 9.92. The molecular weight excluding hydrogens is 236 g/mol. The molecule has 1 N–H and O–H groups in total. The summed E-state index contributed by atoms with van der Waals surface area (Å²) in [5, 5.41) is 1.11. The maximum absolute atomic E-state index is 12.6. The van der Waals surface area contributed by atoms with Crippen LogP contribution in [0.3, 0.4) is 0 Å². The van der Waals surface area contributed by atoms with Gasteiger partial charge in [0, 0.05) is 29.2 Å². The summed E-state index contributed by atoms with van der Waals surface area (Å²) in [6.07, 6.45) is 1.92. The number of hydrogen-bond donors (Lipinski definition) is 1. The maximum atomic E-state index is 12.6. The van der Waals surface area contributed by atoms with E-state index in [0.717, 1.165) is 28.6 Å². The Balaban J connectivity index is 2.16. The Morgan fingerprint density at radius 3 is 2.74 bits per heavy atom. The monoisotopic (exact) mass is 256 g/mol. The lowest BCUT2D eigenvalue weighted by molar-refractivity contribution is 0.0584. The Morgan fingerprint density at radius 1 is 1.32 bits per heavy atom. The molecule has 3 heteroatoms. The highest BCUT2D eigenvalue weighted by atomic mass is 16.2. The number of hydrogen-bond acceptors (Lipinski definition) is 1. The molecule has 19 heavy (non-hydrogen) atoms. The Labute approximate surface area is 113 Å². The molecular formula is C16H20N2O. The fourth-order valence-corrected chi connectivity index (χ4v) is 3.00. The van der Waals surface area contributed by atoms with Gasteiger partial charge in [-0.2, -0.15) is 0 Å². The molecule has 1 aliphatic rings. The number of nitrogens with one attached hydrogen (secondary N) is 1. The minimum absolute atomic E-state index is 0.164. The van der Waals surface area contributed by atoms with Crippen molar-refractivity contribution in [3.63, 3.8) is 0 Å². The van der Waals surface area contributed by atoms with Crippen molar-refractivity contribution >= 4 is 16.8 Å². The molecule has 0 fully saturated rings. The zero-order valence-electron chi connectivity index (χ0n) is 11.9. The van der Waals surface area contributed by atoms with E-state index in [1.165, 1.54) is 0 Å². The van der Waals surface area contributed by atoms with Crippen LogP contribution in [0, 0.1) is 5.92 Å². The molecule has 1 aromatic carbocycles. The van der Waals surface area contributed by atoms with E-state index in [2.05, 4.69) is 38.7 Å². The lowest BCUT2D eigenvalue weighted by Crippen LogP contribution is -2.41. The number of carbonyl (C=O) groups excluding carboxylic acids is 1. The van der Waals surface area contributed by atoms with Crippen molar-refractivity contribution in [2.24, 2.45) is 5.92 Å². The van der Waals surface area contributed by atoms with E-state index in [1.807, 2.05) is 23.2 Å². The number of rotatable bonds is 2. The van der Waals surface area contributed by atoms with Crippen LogP contribution in [0.5, 0.6) is 0 Å². The summed E-state index contributed by atoms with van der Waals surface area (Å²) in [4.78, 5) is 17.9. The second kappa shape index (κ2) is 3.86. The molecule has 0 bridgehead atoms. The van der Waals surface area contributed by atoms with E-state index in [1.54, 1.807) is 0 Å². The minimum Gasteiger partial charge on any atom is -0.361 e. The first-order valence-electron chi connectivity index (χ1n) is 6.85. The van der Waals surface area contributed by atoms with Gasteiger partial charge in [-0.05, 0) is 43.5 Å². The molecule has 0 spiro atoms. The summed E-state index contributed by atoms with van der Waals surface area (Å²) in [5.74, 6) is 0.638. The van der Waals surface area contributed by atoms with E-state index < -0.39 is 0 Å². The molecule has 1 amide bonds. The van der Waals surface area contributed by atoms with Crippen molar-refractivity contribution in [3.8, 4) is 0 Å². The van der Waals surface area contributed by atoms with Gasteiger partial charge in [0.1, 0.15) is 0 Å². The molecule has 0 unspecified atom stereocenters. The van der Waals surface area contributed by atoms with Crippen LogP contribution in [0.15, 0.2) is 24.4 Å². The quantitative estimate of drug-likeness (QED) is 0.877. The van der Waals surface area contributed by atoms with Gasteiger partial charge in [0.2, 0.25) is 0 Å². The average molecular weight is 256 g/mol. The van der Waals surface area contributed by atoms with Gasteiger partial charge in [-0.3, -0.25) is 4.79 Å². The van der Waals surface area contributed by atoms with E-state index in [9.17, 15) is 4.79 Å². The van der Waals surface area contributed by atoms with Crippen LogP contribution in [0.4, 0.5) is 0 Å². The van der Waals surface area contributed by atoms with Crippen molar-refractivity contribution in [3.05, 3.63) is 35.5 Å². The number of aromatic nitrogens is 1. The third-order valence-corrected chi connectivity index (χ3v) is 4.05. The first kappa shape index (κ1) is 12.3. The second-order valence-electron chi connectivity index (χ2n) is 6.33. The minimum atomic E-state index is -0.226. The van der Waals surface area contributed by atoms with E-state index in [0.29, 0.717) is 5.92 Å². The molecule has 2 aromatic rings. The molecule has 0 aliphatic carbocycles. The number of benzene rings is 1. The summed E-state index contributed by atoms with van der Waals surface area (Å²) in [7, 11) is 0. The van der Waals surface area contributed by atoms with Crippen molar-refractivity contribution in [1.82, 2.24) is 9.88 Å². The summed E-state index contributed by atoms with van der Waals surface area (Å²) in [6, 6.07) is 6.16. The molecule has 0 saturated carbocycles. The smallest absolute Gasteiger partial charge is 0.254 e. The van der Waals surface area contributed by atoms with Crippen LogP contribution < -0.4 is 0 Å². The topological polar surface area (TPSA) is 36.1 Å². The van der Waals surface area contributed by atoms with Gasteiger partial charge in [-0.15, -0.1) is 0 Å². The van der Waals surface area contributed by atoms with E-state index in [-0.39, 0.29) is 11.4 Å². The molecule has 1 aliphatic heterocycles. The van der Waals surface area contributed by atoms with Crippen molar-refractivity contribution in [1.29, 1.82) is 0 Å². The number of carbonyl (C=O) groups is 1. The highest BCUT2D eigenvalue weighted by Crippen LogP contribution is 2.40. The maximum Gasteiger partial charge on any atom is 0.254 e. The number of fused-ring (bicyclic) bond motifs is 2. The van der Waals surface area contributed by atoms with Crippen LogP contribution >= 0.6 is 0 Å². The third kappa shape index (κ3) is 1.68. The molecule has 0 radical (unpaired) electrons. The Morgan fingerprint density at radius 2 is 2.05 bits per heavy atom. The van der Waals surface area contributed by atoms with Crippen LogP contribution in [0.2, 0.25) is 0 Å². The Kier molecular flexibility index (Phi) is 2.49. The standard InChI is InChI=1S/C16H20N2O/c1-10(2)9-18-15(19)12-7-11-5-6-17-14(11)8-13(12)16(18,3)4/h5-8,10,17H,9H2,1-4H3. The van der Waals surface area contributed by atoms with Crippen molar-refractivity contribution in [2.75, 3.05) is 6.54 Å². The average Bonchev–Trinajstić information content (AvgIpc) is 2.85. The molecule has 0 saturated heterocycles. The highest BCUT2D eigenvalue weighted by molar-refractivity contribution is 6.03. The molecule has 100 valence electrons. The Hall–Kier alpha value is -1.77. The van der Waals surface area contributed by atoms with Gasteiger partial charge in [-0.1, -0.05) is 13.8 Å². The zero-order chi connectivity index (χ0) is 13.8. The lowest BCUT2D eigenvalue weighted by Gasteiger charge is -2.33. The number of amides is 1. The summed E-state index contributed by atoms with van der Waals surface area (Å²) < 4.78 is 0. The van der Waals surface area contributed by atoms with Gasteiger partial charge >= 0.3 is 0 Å². The molecule has 1 aromatic heterocycles. The number of H-pyrrole nitrogens is 1. The van der Waals surface area contributed by atoms with Crippen LogP contribution in [-0.2, 0) is 5.54 Å². The second-order valence-corrected chi connectivity index (χ2v) is 6.33.